The van der Waals surface area contributed by atoms with Gasteiger partial charge in [0.2, 0.25) is 0 Å². The minimum absolute atomic E-state index is 0.321. The van der Waals surface area contributed by atoms with Crippen molar-refractivity contribution in [3.8, 4) is 23.8 Å². The van der Waals surface area contributed by atoms with Crippen molar-refractivity contribution in [2.24, 2.45) is 0 Å². The van der Waals surface area contributed by atoms with Crippen LogP contribution in [-0.2, 0) is 6.61 Å². The van der Waals surface area contributed by atoms with Crippen LogP contribution >= 0.6 is 11.8 Å². The van der Waals surface area contributed by atoms with Crippen LogP contribution in [0.4, 0.5) is 0 Å². The van der Waals surface area contributed by atoms with Crippen LogP contribution in [0.15, 0.2) is 47.9 Å². The molecular weight excluding hydrogens is 344 g/mol. The highest BCUT2D eigenvalue weighted by molar-refractivity contribution is 8.00. The van der Waals surface area contributed by atoms with Crippen LogP contribution in [0, 0.1) is 19.3 Å². The summed E-state index contributed by atoms with van der Waals surface area (Å²) in [7, 11) is 0. The molecule has 0 saturated heterocycles. The van der Waals surface area contributed by atoms with Gasteiger partial charge in [-0.3, -0.25) is 9.55 Å². The molecule has 1 aliphatic carbocycles. The third-order valence-electron chi connectivity index (χ3n) is 4.12. The largest absolute Gasteiger partial charge is 0.486 e. The molecular formula is C20H18N4OS. The lowest BCUT2D eigenvalue weighted by atomic mass is 10.1. The van der Waals surface area contributed by atoms with Gasteiger partial charge in [0.05, 0.1) is 11.9 Å². The van der Waals surface area contributed by atoms with Gasteiger partial charge in [-0.05, 0) is 55.7 Å². The van der Waals surface area contributed by atoms with E-state index in [9.17, 15) is 0 Å². The molecule has 1 fully saturated rings. The van der Waals surface area contributed by atoms with Gasteiger partial charge in [0.1, 0.15) is 12.4 Å². The fourth-order valence-electron chi connectivity index (χ4n) is 2.59. The second-order valence-corrected chi connectivity index (χ2v) is 7.44. The van der Waals surface area contributed by atoms with Gasteiger partial charge in [0, 0.05) is 17.0 Å². The molecule has 4 rings (SSSR count). The number of benzene rings is 1. The highest BCUT2D eigenvalue weighted by atomic mass is 32.2. The Morgan fingerprint density at radius 3 is 2.88 bits per heavy atom. The lowest BCUT2D eigenvalue weighted by Crippen LogP contribution is -2.07. The van der Waals surface area contributed by atoms with Crippen molar-refractivity contribution in [1.29, 1.82) is 0 Å². The summed E-state index contributed by atoms with van der Waals surface area (Å²) in [4.78, 5) is 4.22. The normalized spacial score (nSPS) is 13.4. The number of nitrogens with zero attached hydrogens (tertiary/aromatic N) is 4. The van der Waals surface area contributed by atoms with Crippen molar-refractivity contribution in [3.05, 3.63) is 59.7 Å². The summed E-state index contributed by atoms with van der Waals surface area (Å²) in [5, 5.41) is 10.3. The molecule has 0 radical (unpaired) electrons. The van der Waals surface area contributed by atoms with Crippen LogP contribution in [0.2, 0.25) is 0 Å². The number of aromatic nitrogens is 4. The number of thioether (sulfide) groups is 1. The van der Waals surface area contributed by atoms with Gasteiger partial charge < -0.3 is 4.74 Å². The summed E-state index contributed by atoms with van der Waals surface area (Å²) < 4.78 is 7.97. The molecule has 2 heterocycles. The second kappa shape index (κ2) is 7.22. The zero-order valence-corrected chi connectivity index (χ0v) is 15.2. The summed E-state index contributed by atoms with van der Waals surface area (Å²) in [6.45, 7) is 2.30. The van der Waals surface area contributed by atoms with Crippen molar-refractivity contribution in [2.75, 3.05) is 0 Å². The number of rotatable bonds is 6. The van der Waals surface area contributed by atoms with Crippen LogP contribution in [0.5, 0.6) is 5.75 Å². The summed E-state index contributed by atoms with van der Waals surface area (Å²) in [5.74, 6) is 4.18. The van der Waals surface area contributed by atoms with E-state index in [1.165, 1.54) is 12.8 Å². The van der Waals surface area contributed by atoms with E-state index >= 15 is 0 Å². The minimum atomic E-state index is 0.321. The van der Waals surface area contributed by atoms with Gasteiger partial charge in [-0.1, -0.05) is 17.7 Å². The fourth-order valence-corrected chi connectivity index (χ4v) is 3.66. The number of aryl methyl sites for hydroxylation is 1. The van der Waals surface area contributed by atoms with Gasteiger partial charge >= 0.3 is 0 Å². The molecule has 0 N–H and O–H groups in total. The lowest BCUT2D eigenvalue weighted by Gasteiger charge is -2.11. The van der Waals surface area contributed by atoms with Crippen LogP contribution in [0.1, 0.15) is 29.8 Å². The Morgan fingerprint density at radius 2 is 2.19 bits per heavy atom. The Balaban J connectivity index is 1.59. The van der Waals surface area contributed by atoms with Crippen LogP contribution in [0.3, 0.4) is 0 Å². The average molecular weight is 362 g/mol. The Kier molecular flexibility index (Phi) is 4.63. The van der Waals surface area contributed by atoms with Gasteiger partial charge in [-0.25, -0.2) is 0 Å². The summed E-state index contributed by atoms with van der Waals surface area (Å²) >= 11 is 1.76. The number of hydrogen-bond acceptors (Lipinski definition) is 5. The highest BCUT2D eigenvalue weighted by Crippen LogP contribution is 2.39. The Labute approximate surface area is 156 Å². The number of ether oxygens (including phenoxy) is 1. The Morgan fingerprint density at radius 1 is 1.31 bits per heavy atom. The van der Waals surface area contributed by atoms with E-state index in [1.54, 1.807) is 18.0 Å². The van der Waals surface area contributed by atoms with E-state index < -0.39 is 0 Å². The zero-order valence-electron chi connectivity index (χ0n) is 14.4. The lowest BCUT2D eigenvalue weighted by molar-refractivity contribution is 0.292. The summed E-state index contributed by atoms with van der Waals surface area (Å²) in [6, 6.07) is 9.63. The van der Waals surface area contributed by atoms with Gasteiger partial charge in [0.15, 0.2) is 11.0 Å². The van der Waals surface area contributed by atoms with Crippen molar-refractivity contribution in [2.45, 2.75) is 36.8 Å². The maximum atomic E-state index is 5.95. The molecule has 130 valence electrons. The zero-order chi connectivity index (χ0) is 17.9. The van der Waals surface area contributed by atoms with Crippen LogP contribution < -0.4 is 4.74 Å². The van der Waals surface area contributed by atoms with Crippen molar-refractivity contribution >= 4 is 11.8 Å². The topological polar surface area (TPSA) is 52.8 Å². The van der Waals surface area contributed by atoms with Crippen molar-refractivity contribution in [1.82, 2.24) is 19.7 Å². The maximum Gasteiger partial charge on any atom is 0.196 e. The third-order valence-corrected chi connectivity index (χ3v) is 5.40. The smallest absolute Gasteiger partial charge is 0.196 e. The van der Waals surface area contributed by atoms with Crippen molar-refractivity contribution < 1.29 is 4.74 Å². The monoisotopic (exact) mass is 362 g/mol. The number of pyridine rings is 1. The molecule has 0 spiro atoms. The van der Waals surface area contributed by atoms with Crippen LogP contribution in [-0.4, -0.2) is 25.0 Å². The quantitative estimate of drug-likeness (QED) is 0.625. The maximum absolute atomic E-state index is 5.95. The molecule has 2 aromatic heterocycles. The average Bonchev–Trinajstić information content (AvgIpc) is 3.39. The molecule has 1 aromatic carbocycles. The molecule has 5 nitrogen and oxygen atoms in total. The fraction of sp³-hybridized carbons (Fsp3) is 0.250. The molecule has 0 atom stereocenters. The Hall–Kier alpha value is -2.78. The van der Waals surface area contributed by atoms with E-state index in [0.717, 1.165) is 33.5 Å². The standard InChI is InChI=1S/C20H18N4OS/c1-3-15-6-7-17(11-14(15)2)25-13-19-22-23-20(26-18-8-9-18)24(19)16-5-4-10-21-12-16/h1,4-7,10-12,18H,8-9,13H2,2H3. The highest BCUT2D eigenvalue weighted by Gasteiger charge is 2.26. The summed E-state index contributed by atoms with van der Waals surface area (Å²) in [5.41, 5.74) is 2.83. The second-order valence-electron chi connectivity index (χ2n) is 6.17. The first-order valence-corrected chi connectivity index (χ1v) is 9.34. The molecule has 6 heteroatoms. The third kappa shape index (κ3) is 3.58. The SMILES string of the molecule is C#Cc1ccc(OCc2nnc(SC3CC3)n2-c2cccnc2)cc1C. The number of hydrogen-bond donors (Lipinski definition) is 0. The molecule has 0 amide bonds. The van der Waals surface area contributed by atoms with Gasteiger partial charge in [-0.2, -0.15) is 0 Å². The van der Waals surface area contributed by atoms with E-state index in [-0.39, 0.29) is 0 Å². The molecule has 0 unspecified atom stereocenters. The van der Waals surface area contributed by atoms with E-state index in [1.807, 2.05) is 48.0 Å². The predicted octanol–water partition coefficient (Wildman–Crippen LogP) is 3.79. The first-order chi connectivity index (χ1) is 12.7. The minimum Gasteiger partial charge on any atom is -0.486 e. The van der Waals surface area contributed by atoms with E-state index in [4.69, 9.17) is 11.2 Å². The molecule has 0 aliphatic heterocycles. The van der Waals surface area contributed by atoms with Crippen molar-refractivity contribution in [3.63, 3.8) is 0 Å². The first-order valence-electron chi connectivity index (χ1n) is 8.46. The molecule has 26 heavy (non-hydrogen) atoms. The van der Waals surface area contributed by atoms with E-state index in [0.29, 0.717) is 11.9 Å². The number of terminal acetylenes is 1. The Bertz CT molecular complexity index is 958. The van der Waals surface area contributed by atoms with Crippen LogP contribution in [0.25, 0.3) is 5.69 Å². The molecule has 1 saturated carbocycles. The molecule has 0 bridgehead atoms. The van der Waals surface area contributed by atoms with Gasteiger partial charge in [0.25, 0.3) is 0 Å². The van der Waals surface area contributed by atoms with E-state index in [2.05, 4.69) is 21.1 Å². The first kappa shape index (κ1) is 16.7. The predicted molar refractivity (Wildman–Crippen MR) is 101 cm³/mol. The molecule has 3 aromatic rings. The molecule has 1 aliphatic rings. The summed E-state index contributed by atoms with van der Waals surface area (Å²) in [6.07, 6.45) is 11.5. The van der Waals surface area contributed by atoms with Gasteiger partial charge in [-0.15, -0.1) is 16.6 Å².